The molecule has 0 aliphatic carbocycles. The summed E-state index contributed by atoms with van der Waals surface area (Å²) in [5.74, 6) is -2.39. The maximum Gasteiger partial charge on any atom is 0.336 e. The number of aromatic carboxylic acids is 2. The van der Waals surface area contributed by atoms with E-state index in [1.165, 1.54) is 6.07 Å². The van der Waals surface area contributed by atoms with Gasteiger partial charge in [0.05, 0.1) is 11.1 Å². The van der Waals surface area contributed by atoms with Gasteiger partial charge in [0, 0.05) is 0 Å². The first-order valence-corrected chi connectivity index (χ1v) is 8.14. The van der Waals surface area contributed by atoms with E-state index in [1.807, 2.05) is 13.8 Å². The molecular weight excluding hydrogens is 304 g/mol. The van der Waals surface area contributed by atoms with Crippen molar-refractivity contribution in [2.45, 2.75) is 52.4 Å². The van der Waals surface area contributed by atoms with Crippen LogP contribution in [0.2, 0.25) is 0 Å². The van der Waals surface area contributed by atoms with Crippen molar-refractivity contribution in [3.05, 3.63) is 58.7 Å². The Hall–Kier alpha value is -2.36. The molecule has 1 aromatic carbocycles. The smallest absolute Gasteiger partial charge is 0.336 e. The van der Waals surface area contributed by atoms with E-state index in [1.54, 1.807) is 6.07 Å². The Morgan fingerprint density at radius 2 is 1.46 bits per heavy atom. The van der Waals surface area contributed by atoms with E-state index in [2.05, 4.69) is 13.2 Å². The highest BCUT2D eigenvalue weighted by molar-refractivity contribution is 6.03. The highest BCUT2D eigenvalue weighted by Gasteiger charge is 2.22. The van der Waals surface area contributed by atoms with Crippen LogP contribution in [0.3, 0.4) is 0 Å². The van der Waals surface area contributed by atoms with Crippen molar-refractivity contribution >= 4 is 11.9 Å². The second-order valence-corrected chi connectivity index (χ2v) is 6.36. The first kappa shape index (κ1) is 19.7. The number of rotatable bonds is 10. The summed E-state index contributed by atoms with van der Waals surface area (Å²) in [6.07, 6.45) is 4.55. The summed E-state index contributed by atoms with van der Waals surface area (Å²) < 4.78 is 0. The van der Waals surface area contributed by atoms with E-state index >= 15 is 0 Å². The summed E-state index contributed by atoms with van der Waals surface area (Å²) in [4.78, 5) is 23.1. The molecule has 4 nitrogen and oxygen atoms in total. The number of carboxylic acids is 2. The molecule has 0 aliphatic rings. The van der Waals surface area contributed by atoms with Crippen LogP contribution in [0, 0.1) is 0 Å². The third-order valence-corrected chi connectivity index (χ3v) is 3.93. The monoisotopic (exact) mass is 330 g/mol. The van der Waals surface area contributed by atoms with Gasteiger partial charge in [0.15, 0.2) is 0 Å². The van der Waals surface area contributed by atoms with E-state index in [4.69, 9.17) is 0 Å². The predicted octanol–water partition coefficient (Wildman–Crippen LogP) is 4.88. The van der Waals surface area contributed by atoms with Crippen molar-refractivity contribution in [3.63, 3.8) is 0 Å². The quantitative estimate of drug-likeness (QED) is 0.600. The minimum atomic E-state index is -1.21. The van der Waals surface area contributed by atoms with Gasteiger partial charge in [0.1, 0.15) is 0 Å². The van der Waals surface area contributed by atoms with Crippen LogP contribution in [0.1, 0.15) is 71.4 Å². The first-order valence-electron chi connectivity index (χ1n) is 8.14. The van der Waals surface area contributed by atoms with Crippen molar-refractivity contribution < 1.29 is 19.8 Å². The molecule has 0 atom stereocenters. The van der Waals surface area contributed by atoms with Gasteiger partial charge in [-0.2, -0.15) is 0 Å². The molecule has 0 aliphatic heterocycles. The number of hydrogen-bond donors (Lipinski definition) is 2. The van der Waals surface area contributed by atoms with Gasteiger partial charge in [0.2, 0.25) is 0 Å². The summed E-state index contributed by atoms with van der Waals surface area (Å²) in [6.45, 7) is 11.6. The lowest BCUT2D eigenvalue weighted by Gasteiger charge is -2.15. The molecule has 4 heteroatoms. The number of carbonyl (C=O) groups is 2. The van der Waals surface area contributed by atoms with Crippen LogP contribution in [0.25, 0.3) is 0 Å². The molecular formula is C20H26O4. The van der Waals surface area contributed by atoms with Crippen molar-refractivity contribution in [2.24, 2.45) is 0 Å². The Labute approximate surface area is 143 Å². The van der Waals surface area contributed by atoms with Crippen LogP contribution in [-0.2, 0) is 12.8 Å². The summed E-state index contributed by atoms with van der Waals surface area (Å²) >= 11 is 0. The maximum absolute atomic E-state index is 11.7. The van der Waals surface area contributed by atoms with E-state index in [0.717, 1.165) is 48.8 Å². The zero-order valence-corrected chi connectivity index (χ0v) is 14.5. The fourth-order valence-corrected chi connectivity index (χ4v) is 2.78. The zero-order valence-electron chi connectivity index (χ0n) is 14.5. The van der Waals surface area contributed by atoms with E-state index in [-0.39, 0.29) is 11.1 Å². The fraction of sp³-hybridized carbons (Fsp3) is 0.400. The van der Waals surface area contributed by atoms with Gasteiger partial charge >= 0.3 is 11.9 Å². The van der Waals surface area contributed by atoms with Gasteiger partial charge in [-0.15, -0.1) is 13.2 Å². The lowest BCUT2D eigenvalue weighted by atomic mass is 9.89. The summed E-state index contributed by atoms with van der Waals surface area (Å²) in [7, 11) is 0. The van der Waals surface area contributed by atoms with Crippen LogP contribution in [-0.4, -0.2) is 22.2 Å². The molecule has 0 bridgehead atoms. The highest BCUT2D eigenvalue weighted by Crippen LogP contribution is 2.25. The normalized spacial score (nSPS) is 10.4. The third kappa shape index (κ3) is 5.69. The fourth-order valence-electron chi connectivity index (χ4n) is 2.78. The highest BCUT2D eigenvalue weighted by atomic mass is 16.4. The van der Waals surface area contributed by atoms with E-state index in [9.17, 15) is 19.8 Å². The SMILES string of the molecule is C=C(C)CCCc1ccc(C(=O)O)c(C(=O)O)c1CCCC(=C)C. The van der Waals surface area contributed by atoms with E-state index in [0.29, 0.717) is 12.0 Å². The predicted molar refractivity (Wildman–Crippen MR) is 95.9 cm³/mol. The number of carboxylic acid groups (broad SMARTS) is 2. The van der Waals surface area contributed by atoms with Crippen LogP contribution in [0.5, 0.6) is 0 Å². The number of allylic oxidation sites excluding steroid dienone is 2. The molecule has 1 rings (SSSR count). The molecule has 24 heavy (non-hydrogen) atoms. The number of benzene rings is 1. The van der Waals surface area contributed by atoms with Crippen molar-refractivity contribution in [1.29, 1.82) is 0 Å². The minimum absolute atomic E-state index is 0.0722. The van der Waals surface area contributed by atoms with Gasteiger partial charge in [-0.3, -0.25) is 0 Å². The average molecular weight is 330 g/mol. The number of hydrogen-bond acceptors (Lipinski definition) is 2. The Balaban J connectivity index is 3.22. The molecule has 0 spiro atoms. The van der Waals surface area contributed by atoms with Gasteiger partial charge in [-0.25, -0.2) is 9.59 Å². The van der Waals surface area contributed by atoms with Gasteiger partial charge < -0.3 is 10.2 Å². The molecule has 2 N–H and O–H groups in total. The van der Waals surface area contributed by atoms with Crippen LogP contribution >= 0.6 is 0 Å². The first-order chi connectivity index (χ1) is 11.2. The standard InChI is InChI=1S/C20H26O4/c1-13(2)7-5-9-15-11-12-17(19(21)22)18(20(23)24)16(15)10-6-8-14(3)4/h11-12H,1,3,5-10H2,2,4H3,(H,21,22)(H,23,24). The zero-order chi connectivity index (χ0) is 18.3. The Kier molecular flexibility index (Phi) is 7.43. The molecule has 0 aromatic heterocycles. The topological polar surface area (TPSA) is 74.6 Å². The van der Waals surface area contributed by atoms with Gasteiger partial charge in [-0.05, 0) is 69.6 Å². The average Bonchev–Trinajstić information content (AvgIpc) is 2.46. The lowest BCUT2D eigenvalue weighted by Crippen LogP contribution is -2.14. The molecule has 0 saturated heterocycles. The van der Waals surface area contributed by atoms with Crippen molar-refractivity contribution in [1.82, 2.24) is 0 Å². The largest absolute Gasteiger partial charge is 0.478 e. The third-order valence-electron chi connectivity index (χ3n) is 3.93. The summed E-state index contributed by atoms with van der Waals surface area (Å²) in [5.41, 5.74) is 3.46. The van der Waals surface area contributed by atoms with Gasteiger partial charge in [-0.1, -0.05) is 17.2 Å². The Morgan fingerprint density at radius 3 is 1.92 bits per heavy atom. The molecule has 0 amide bonds. The second-order valence-electron chi connectivity index (χ2n) is 6.36. The van der Waals surface area contributed by atoms with Gasteiger partial charge in [0.25, 0.3) is 0 Å². The molecule has 0 fully saturated rings. The maximum atomic E-state index is 11.7. The molecule has 0 radical (unpaired) electrons. The molecule has 0 saturated carbocycles. The molecule has 0 unspecified atom stereocenters. The van der Waals surface area contributed by atoms with Crippen LogP contribution in [0.15, 0.2) is 36.4 Å². The number of aryl methyl sites for hydroxylation is 1. The van der Waals surface area contributed by atoms with Crippen molar-refractivity contribution in [3.8, 4) is 0 Å². The molecule has 0 heterocycles. The Bertz CT molecular complexity index is 656. The summed E-state index contributed by atoms with van der Waals surface area (Å²) in [5, 5.41) is 18.9. The second kappa shape index (κ2) is 9.06. The minimum Gasteiger partial charge on any atom is -0.478 e. The van der Waals surface area contributed by atoms with E-state index < -0.39 is 11.9 Å². The summed E-state index contributed by atoms with van der Waals surface area (Å²) in [6, 6.07) is 3.16. The van der Waals surface area contributed by atoms with Crippen molar-refractivity contribution in [2.75, 3.05) is 0 Å². The van der Waals surface area contributed by atoms with Crippen LogP contribution < -0.4 is 0 Å². The molecule has 1 aromatic rings. The lowest BCUT2D eigenvalue weighted by molar-refractivity contribution is 0.0650. The Morgan fingerprint density at radius 1 is 0.917 bits per heavy atom. The van der Waals surface area contributed by atoms with Crippen LogP contribution in [0.4, 0.5) is 0 Å². The molecule has 130 valence electrons.